The molecular formula is C18H18ClF3N2O3S. The minimum Gasteiger partial charge on any atom is -0.323 e. The molecular weight excluding hydrogens is 417 g/mol. The summed E-state index contributed by atoms with van der Waals surface area (Å²) in [5, 5.41) is 2.15. The molecule has 0 radical (unpaired) electrons. The highest BCUT2D eigenvalue weighted by Gasteiger charge is 2.31. The first-order valence-corrected chi connectivity index (χ1v) is 10.2. The Bertz CT molecular complexity index is 1010. The van der Waals surface area contributed by atoms with Gasteiger partial charge in [0.05, 0.1) is 28.2 Å². The first kappa shape index (κ1) is 22.0. The Morgan fingerprint density at radius 3 is 2.36 bits per heavy atom. The maximum atomic E-state index is 12.9. The van der Waals surface area contributed by atoms with Gasteiger partial charge in [0.15, 0.2) is 0 Å². The van der Waals surface area contributed by atoms with Gasteiger partial charge in [0, 0.05) is 0 Å². The van der Waals surface area contributed by atoms with Gasteiger partial charge in [-0.3, -0.25) is 9.10 Å². The van der Waals surface area contributed by atoms with E-state index < -0.39 is 34.2 Å². The summed E-state index contributed by atoms with van der Waals surface area (Å²) in [5.74, 6) is -0.826. The number of sulfonamides is 1. The fraction of sp³-hybridized carbons (Fsp3) is 0.278. The monoisotopic (exact) mass is 434 g/mol. The molecule has 0 aromatic heterocycles. The van der Waals surface area contributed by atoms with Crippen molar-refractivity contribution < 1.29 is 26.4 Å². The van der Waals surface area contributed by atoms with Gasteiger partial charge in [-0.2, -0.15) is 13.2 Å². The molecule has 0 heterocycles. The first-order chi connectivity index (χ1) is 12.8. The summed E-state index contributed by atoms with van der Waals surface area (Å²) >= 11 is 5.87. The highest BCUT2D eigenvalue weighted by molar-refractivity contribution is 7.92. The van der Waals surface area contributed by atoms with Crippen molar-refractivity contribution in [2.75, 3.05) is 22.4 Å². The van der Waals surface area contributed by atoms with E-state index in [1.165, 1.54) is 0 Å². The number of amides is 1. The lowest BCUT2D eigenvalue weighted by atomic mass is 10.1. The van der Waals surface area contributed by atoms with Gasteiger partial charge >= 0.3 is 6.18 Å². The van der Waals surface area contributed by atoms with Crippen LogP contribution in [0.5, 0.6) is 0 Å². The van der Waals surface area contributed by atoms with Crippen molar-refractivity contribution in [2.45, 2.75) is 20.0 Å². The molecule has 0 bridgehead atoms. The van der Waals surface area contributed by atoms with Gasteiger partial charge in [0.2, 0.25) is 15.9 Å². The lowest BCUT2D eigenvalue weighted by molar-refractivity contribution is -0.137. The van der Waals surface area contributed by atoms with E-state index in [4.69, 9.17) is 11.6 Å². The van der Waals surface area contributed by atoms with Gasteiger partial charge < -0.3 is 5.32 Å². The number of carbonyl (C=O) groups excluding carboxylic acids is 1. The highest BCUT2D eigenvalue weighted by atomic mass is 35.5. The Morgan fingerprint density at radius 2 is 1.79 bits per heavy atom. The summed E-state index contributed by atoms with van der Waals surface area (Å²) in [5.41, 5.74) is 0.488. The summed E-state index contributed by atoms with van der Waals surface area (Å²) in [7, 11) is -3.83. The smallest absolute Gasteiger partial charge is 0.323 e. The van der Waals surface area contributed by atoms with Crippen LogP contribution in [0.1, 0.15) is 16.7 Å². The molecule has 1 N–H and O–H groups in total. The lowest BCUT2D eigenvalue weighted by Gasteiger charge is -2.24. The number of carbonyl (C=O) groups is 1. The number of hydrogen-bond acceptors (Lipinski definition) is 3. The van der Waals surface area contributed by atoms with E-state index in [9.17, 15) is 26.4 Å². The summed E-state index contributed by atoms with van der Waals surface area (Å²) in [4.78, 5) is 12.4. The molecule has 2 rings (SSSR count). The SMILES string of the molecule is Cc1ccc(C)c(N(CC(=O)Nc2cc(C(F)(F)F)ccc2Cl)S(C)(=O)=O)c1. The second-order valence-corrected chi connectivity index (χ2v) is 8.61. The standard InChI is InChI=1S/C18H18ClF3N2O3S/c1-11-4-5-12(2)16(8-11)24(28(3,26)27)10-17(25)23-15-9-13(18(20,21)22)6-7-14(15)19/h4-9H,10H2,1-3H3,(H,23,25). The number of anilines is 2. The number of nitrogens with one attached hydrogen (secondary N) is 1. The number of nitrogens with zero attached hydrogens (tertiary/aromatic N) is 1. The molecule has 0 aliphatic heterocycles. The average molecular weight is 435 g/mol. The third kappa shape index (κ3) is 5.39. The van der Waals surface area contributed by atoms with Crippen molar-refractivity contribution in [2.24, 2.45) is 0 Å². The molecule has 0 saturated carbocycles. The number of halogens is 4. The maximum Gasteiger partial charge on any atom is 0.416 e. The van der Waals surface area contributed by atoms with Crippen LogP contribution in [-0.4, -0.2) is 27.1 Å². The Labute approximate surface area is 166 Å². The number of aryl methyl sites for hydroxylation is 2. The maximum absolute atomic E-state index is 12.9. The fourth-order valence-electron chi connectivity index (χ4n) is 2.49. The van der Waals surface area contributed by atoms with Crippen molar-refractivity contribution in [3.63, 3.8) is 0 Å². The minimum absolute atomic E-state index is 0.0982. The average Bonchev–Trinajstić information content (AvgIpc) is 2.55. The predicted molar refractivity (Wildman–Crippen MR) is 103 cm³/mol. The quantitative estimate of drug-likeness (QED) is 0.759. The van der Waals surface area contributed by atoms with Crippen molar-refractivity contribution in [3.8, 4) is 0 Å². The van der Waals surface area contributed by atoms with Crippen LogP contribution >= 0.6 is 11.6 Å². The van der Waals surface area contributed by atoms with Crippen molar-refractivity contribution >= 4 is 38.9 Å². The van der Waals surface area contributed by atoms with Gasteiger partial charge in [0.1, 0.15) is 6.54 Å². The molecule has 1 amide bonds. The molecule has 152 valence electrons. The third-order valence-corrected chi connectivity index (χ3v) is 5.34. The third-order valence-electron chi connectivity index (χ3n) is 3.89. The zero-order valence-electron chi connectivity index (χ0n) is 15.3. The summed E-state index contributed by atoms with van der Waals surface area (Å²) < 4.78 is 63.9. The molecule has 10 heteroatoms. The Balaban J connectivity index is 2.32. The Kier molecular flexibility index (Phi) is 6.30. The summed E-state index contributed by atoms with van der Waals surface area (Å²) in [6.45, 7) is 2.84. The second-order valence-electron chi connectivity index (χ2n) is 6.30. The van der Waals surface area contributed by atoms with E-state index >= 15 is 0 Å². The summed E-state index contributed by atoms with van der Waals surface area (Å²) in [6, 6.07) is 7.62. The van der Waals surface area contributed by atoms with Gasteiger partial charge in [-0.25, -0.2) is 8.42 Å². The topological polar surface area (TPSA) is 66.5 Å². The van der Waals surface area contributed by atoms with Crippen LogP contribution in [-0.2, 0) is 21.0 Å². The number of alkyl halides is 3. The van der Waals surface area contributed by atoms with E-state index in [1.807, 2.05) is 0 Å². The Morgan fingerprint density at radius 1 is 1.14 bits per heavy atom. The zero-order valence-corrected chi connectivity index (χ0v) is 16.8. The van der Waals surface area contributed by atoms with E-state index in [1.54, 1.807) is 32.0 Å². The molecule has 2 aromatic carbocycles. The van der Waals surface area contributed by atoms with E-state index in [0.29, 0.717) is 17.3 Å². The highest BCUT2D eigenvalue weighted by Crippen LogP contribution is 2.34. The number of hydrogen-bond donors (Lipinski definition) is 1. The van der Waals surface area contributed by atoms with Crippen LogP contribution in [0, 0.1) is 13.8 Å². The predicted octanol–water partition coefficient (Wildman–Crippen LogP) is 4.38. The van der Waals surface area contributed by atoms with E-state index in [0.717, 1.165) is 28.3 Å². The molecule has 0 atom stereocenters. The minimum atomic E-state index is -4.61. The molecule has 2 aromatic rings. The normalized spacial score (nSPS) is 12.0. The molecule has 0 fully saturated rings. The molecule has 0 unspecified atom stereocenters. The van der Waals surface area contributed by atoms with Gasteiger partial charge in [-0.1, -0.05) is 23.7 Å². The van der Waals surface area contributed by atoms with E-state index in [2.05, 4.69) is 5.32 Å². The molecule has 0 saturated heterocycles. The van der Waals surface area contributed by atoms with Crippen LogP contribution in [0.3, 0.4) is 0 Å². The van der Waals surface area contributed by atoms with Crippen molar-refractivity contribution in [1.29, 1.82) is 0 Å². The van der Waals surface area contributed by atoms with Crippen LogP contribution < -0.4 is 9.62 Å². The second kappa shape index (κ2) is 8.00. The van der Waals surface area contributed by atoms with Crippen LogP contribution in [0.25, 0.3) is 0 Å². The number of rotatable bonds is 5. The van der Waals surface area contributed by atoms with Gasteiger partial charge in [-0.15, -0.1) is 0 Å². The lowest BCUT2D eigenvalue weighted by Crippen LogP contribution is -2.38. The molecule has 0 aliphatic rings. The largest absolute Gasteiger partial charge is 0.416 e. The zero-order chi connectivity index (χ0) is 21.3. The van der Waals surface area contributed by atoms with Crippen molar-refractivity contribution in [1.82, 2.24) is 0 Å². The van der Waals surface area contributed by atoms with E-state index in [-0.39, 0.29) is 10.7 Å². The van der Waals surface area contributed by atoms with Crippen molar-refractivity contribution in [3.05, 3.63) is 58.1 Å². The molecule has 28 heavy (non-hydrogen) atoms. The van der Waals surface area contributed by atoms with Crippen LogP contribution in [0.2, 0.25) is 5.02 Å². The molecule has 0 spiro atoms. The van der Waals surface area contributed by atoms with Crippen LogP contribution in [0.15, 0.2) is 36.4 Å². The summed E-state index contributed by atoms with van der Waals surface area (Å²) in [6.07, 6.45) is -3.67. The Hall–Kier alpha value is -2.26. The van der Waals surface area contributed by atoms with Gasteiger partial charge in [0.25, 0.3) is 0 Å². The van der Waals surface area contributed by atoms with Gasteiger partial charge in [-0.05, 0) is 49.2 Å². The molecule has 0 aliphatic carbocycles. The number of benzene rings is 2. The fourth-order valence-corrected chi connectivity index (χ4v) is 3.56. The first-order valence-electron chi connectivity index (χ1n) is 8.00. The molecule has 5 nitrogen and oxygen atoms in total. The van der Waals surface area contributed by atoms with Crippen LogP contribution in [0.4, 0.5) is 24.5 Å².